The molecule has 1 aliphatic heterocycles. The highest BCUT2D eigenvalue weighted by atomic mass is 35.5. The summed E-state index contributed by atoms with van der Waals surface area (Å²) in [4.78, 5) is 0. The van der Waals surface area contributed by atoms with Crippen LogP contribution in [0, 0.1) is 6.92 Å². The van der Waals surface area contributed by atoms with Crippen LogP contribution < -0.4 is 14.9 Å². The summed E-state index contributed by atoms with van der Waals surface area (Å²) in [5.41, 5.74) is 7.52. The quantitative estimate of drug-likeness (QED) is 0.917. The second-order valence-corrected chi connectivity index (χ2v) is 5.89. The van der Waals surface area contributed by atoms with E-state index in [9.17, 15) is 0 Å². The molecule has 5 heteroatoms. The summed E-state index contributed by atoms with van der Waals surface area (Å²) in [6, 6.07) is 12.2. The number of aryl methyl sites for hydroxylation is 1. The molecule has 0 aromatic heterocycles. The van der Waals surface area contributed by atoms with Crippen molar-refractivity contribution in [1.82, 2.24) is 5.43 Å². The van der Waals surface area contributed by atoms with Crippen molar-refractivity contribution in [1.29, 1.82) is 0 Å². The van der Waals surface area contributed by atoms with Crippen LogP contribution in [0.15, 0.2) is 41.5 Å². The number of rotatable bonds is 4. The first-order valence-electron chi connectivity index (χ1n) is 7.43. The number of nitrogens with one attached hydrogen (secondary N) is 1. The summed E-state index contributed by atoms with van der Waals surface area (Å²) in [5.74, 6) is 1.18. The highest BCUT2D eigenvalue weighted by Gasteiger charge is 2.25. The molecule has 3 rings (SSSR count). The van der Waals surface area contributed by atoms with Gasteiger partial charge >= 0.3 is 0 Å². The van der Waals surface area contributed by atoms with E-state index in [-0.39, 0.29) is 6.04 Å². The lowest BCUT2D eigenvalue weighted by molar-refractivity contribution is 0.354. The molecule has 2 aromatic rings. The average molecular weight is 331 g/mol. The van der Waals surface area contributed by atoms with E-state index in [4.69, 9.17) is 21.1 Å². The van der Waals surface area contributed by atoms with Crippen LogP contribution in [0.3, 0.4) is 0 Å². The van der Waals surface area contributed by atoms with Gasteiger partial charge in [-0.2, -0.15) is 5.10 Å². The number of ether oxygens (including phenoxy) is 2. The predicted octanol–water partition coefficient (Wildman–Crippen LogP) is 4.10. The molecule has 2 aromatic carbocycles. The van der Waals surface area contributed by atoms with E-state index in [1.165, 1.54) is 5.56 Å². The van der Waals surface area contributed by atoms with Crippen molar-refractivity contribution in [2.75, 3.05) is 14.2 Å². The molecule has 0 fully saturated rings. The molecule has 4 nitrogen and oxygen atoms in total. The number of methoxy groups -OCH3 is 2. The lowest BCUT2D eigenvalue weighted by Crippen LogP contribution is -2.11. The Morgan fingerprint density at radius 3 is 2.48 bits per heavy atom. The first-order chi connectivity index (χ1) is 11.1. The number of hydrazone groups is 1. The van der Waals surface area contributed by atoms with Gasteiger partial charge in [-0.25, -0.2) is 0 Å². The minimum Gasteiger partial charge on any atom is -0.493 e. The van der Waals surface area contributed by atoms with E-state index >= 15 is 0 Å². The van der Waals surface area contributed by atoms with Gasteiger partial charge in [-0.15, -0.1) is 0 Å². The maximum Gasteiger partial charge on any atom is 0.179 e. The van der Waals surface area contributed by atoms with Gasteiger partial charge in [-0.1, -0.05) is 47.5 Å². The molecule has 1 aliphatic rings. The minimum absolute atomic E-state index is 0.0265. The zero-order valence-electron chi connectivity index (χ0n) is 13.4. The van der Waals surface area contributed by atoms with Gasteiger partial charge in [0.05, 0.1) is 31.0 Å². The van der Waals surface area contributed by atoms with Crippen LogP contribution >= 0.6 is 11.6 Å². The number of halogens is 1. The second-order valence-electron chi connectivity index (χ2n) is 5.51. The van der Waals surface area contributed by atoms with Crippen molar-refractivity contribution in [2.45, 2.75) is 19.4 Å². The zero-order chi connectivity index (χ0) is 16.4. The smallest absolute Gasteiger partial charge is 0.179 e. The average Bonchev–Trinajstić information content (AvgIpc) is 3.04. The van der Waals surface area contributed by atoms with E-state index in [0.29, 0.717) is 16.5 Å². The molecule has 0 saturated heterocycles. The first-order valence-corrected chi connectivity index (χ1v) is 7.81. The van der Waals surface area contributed by atoms with Gasteiger partial charge in [-0.05, 0) is 24.1 Å². The Morgan fingerprint density at radius 2 is 1.83 bits per heavy atom. The first kappa shape index (κ1) is 15.7. The lowest BCUT2D eigenvalue weighted by Gasteiger charge is -2.16. The van der Waals surface area contributed by atoms with Crippen molar-refractivity contribution in [3.63, 3.8) is 0 Å². The zero-order valence-corrected chi connectivity index (χ0v) is 14.1. The van der Waals surface area contributed by atoms with Gasteiger partial charge in [0.15, 0.2) is 11.5 Å². The van der Waals surface area contributed by atoms with E-state index in [1.54, 1.807) is 14.2 Å². The van der Waals surface area contributed by atoms with Crippen molar-refractivity contribution in [3.05, 3.63) is 58.1 Å². The topological polar surface area (TPSA) is 42.8 Å². The van der Waals surface area contributed by atoms with Crippen molar-refractivity contribution < 1.29 is 9.47 Å². The third-order valence-corrected chi connectivity index (χ3v) is 4.42. The number of nitrogens with zero attached hydrogens (tertiary/aromatic N) is 1. The highest BCUT2D eigenvalue weighted by Crippen LogP contribution is 2.41. The molecule has 0 spiro atoms. The lowest BCUT2D eigenvalue weighted by atomic mass is 9.98. The molecule has 23 heavy (non-hydrogen) atoms. The van der Waals surface area contributed by atoms with Crippen LogP contribution in [0.1, 0.15) is 29.2 Å². The highest BCUT2D eigenvalue weighted by molar-refractivity contribution is 6.33. The van der Waals surface area contributed by atoms with Crippen LogP contribution in [-0.2, 0) is 0 Å². The Bertz CT molecular complexity index is 741. The Morgan fingerprint density at radius 1 is 1.09 bits per heavy atom. The summed E-state index contributed by atoms with van der Waals surface area (Å²) in [7, 11) is 3.18. The molecule has 1 N–H and O–H groups in total. The summed E-state index contributed by atoms with van der Waals surface area (Å²) in [6.45, 7) is 2.07. The largest absolute Gasteiger partial charge is 0.493 e. The molecule has 0 aliphatic carbocycles. The third-order valence-electron chi connectivity index (χ3n) is 4.03. The van der Waals surface area contributed by atoms with Gasteiger partial charge in [0, 0.05) is 6.42 Å². The van der Waals surface area contributed by atoms with Gasteiger partial charge < -0.3 is 14.9 Å². The fourth-order valence-electron chi connectivity index (χ4n) is 2.72. The van der Waals surface area contributed by atoms with Crippen molar-refractivity contribution >= 4 is 17.3 Å². The van der Waals surface area contributed by atoms with Gasteiger partial charge in [-0.3, -0.25) is 0 Å². The maximum atomic E-state index is 6.49. The van der Waals surface area contributed by atoms with Crippen molar-refractivity contribution in [3.8, 4) is 11.5 Å². The van der Waals surface area contributed by atoms with Gasteiger partial charge in [0.1, 0.15) is 0 Å². The molecular weight excluding hydrogens is 312 g/mol. The fourth-order valence-corrected chi connectivity index (χ4v) is 3.09. The number of benzene rings is 2. The number of hydrogen-bond donors (Lipinski definition) is 1. The van der Waals surface area contributed by atoms with Crippen LogP contribution in [0.25, 0.3) is 0 Å². The Hall–Kier alpha value is -2.20. The Kier molecular flexibility index (Phi) is 4.44. The van der Waals surface area contributed by atoms with E-state index < -0.39 is 0 Å². The summed E-state index contributed by atoms with van der Waals surface area (Å²) in [6.07, 6.45) is 0.776. The van der Waals surface area contributed by atoms with E-state index in [2.05, 4.69) is 41.7 Å². The minimum atomic E-state index is 0.0265. The monoisotopic (exact) mass is 330 g/mol. The molecule has 0 radical (unpaired) electrons. The van der Waals surface area contributed by atoms with E-state index in [1.807, 2.05) is 12.1 Å². The molecule has 0 bridgehead atoms. The maximum absolute atomic E-state index is 6.49. The Balaban J connectivity index is 1.84. The van der Waals surface area contributed by atoms with Gasteiger partial charge in [0.2, 0.25) is 0 Å². The normalized spacial score (nSPS) is 16.7. The third kappa shape index (κ3) is 2.99. The molecular formula is C18H19ClN2O2. The molecule has 0 saturated carbocycles. The fraction of sp³-hybridized carbons (Fsp3) is 0.278. The SMILES string of the molecule is COc1ccc(C2CC(c3ccc(C)cc3)=NN2)c(Cl)c1OC. The van der Waals surface area contributed by atoms with Crippen molar-refractivity contribution in [2.24, 2.45) is 5.10 Å². The Labute approximate surface area is 141 Å². The molecule has 1 unspecified atom stereocenters. The summed E-state index contributed by atoms with van der Waals surface area (Å²) < 4.78 is 10.6. The molecule has 1 heterocycles. The number of hydrogen-bond acceptors (Lipinski definition) is 4. The van der Waals surface area contributed by atoms with Crippen LogP contribution in [0.5, 0.6) is 11.5 Å². The van der Waals surface area contributed by atoms with Crippen LogP contribution in [-0.4, -0.2) is 19.9 Å². The summed E-state index contributed by atoms with van der Waals surface area (Å²) >= 11 is 6.49. The molecule has 120 valence electrons. The summed E-state index contributed by atoms with van der Waals surface area (Å²) in [5, 5.41) is 5.03. The predicted molar refractivity (Wildman–Crippen MR) is 92.8 cm³/mol. The second kappa shape index (κ2) is 6.50. The van der Waals surface area contributed by atoms with Crippen LogP contribution in [0.2, 0.25) is 5.02 Å². The molecule has 0 amide bonds. The van der Waals surface area contributed by atoms with Gasteiger partial charge in [0.25, 0.3) is 0 Å². The van der Waals surface area contributed by atoms with E-state index in [0.717, 1.165) is 23.3 Å². The van der Waals surface area contributed by atoms with Crippen LogP contribution in [0.4, 0.5) is 0 Å². The molecule has 1 atom stereocenters. The standard InChI is InChI=1S/C18H19ClN2O2/c1-11-4-6-12(7-5-11)14-10-15(21-20-14)13-8-9-16(22-2)18(23-3)17(13)19/h4-9,15,21H,10H2,1-3H3.